The standard InChI is InChI=1S/C14H15F6N2O3.2CH3.Cs.Es/c1-9(25-14(18,19)20)2-3-11(23)22-7-10-4-5-21-12(6-10)24-8-13(15,16)17;;;;/h4-6,9H,1-3,7-8H2,(H,22,23);2*1H3;;/q3*-1;+1;. The number of nitrogens with zero attached hydrogens (tertiary/aromatic N) is 1. The number of amides is 1. The van der Waals surface area contributed by atoms with Crippen molar-refractivity contribution in [2.75, 3.05) is 6.61 Å². The van der Waals surface area contributed by atoms with Crippen molar-refractivity contribution in [1.29, 1.82) is 0 Å². The maximum absolute atomic E-state index is 12.1. The van der Waals surface area contributed by atoms with Gasteiger partial charge in [-0.3, -0.25) is 4.79 Å². The third-order valence-corrected chi connectivity index (χ3v) is 2.67. The van der Waals surface area contributed by atoms with Gasteiger partial charge >= 0.3 is 81.4 Å². The summed E-state index contributed by atoms with van der Waals surface area (Å²) in [6, 6.07) is 2.65. The van der Waals surface area contributed by atoms with E-state index in [0.717, 1.165) is 0 Å². The molecule has 0 bridgehead atoms. The van der Waals surface area contributed by atoms with Crippen LogP contribution in [0.4, 0.5) is 26.3 Å². The Morgan fingerprint density at radius 1 is 1.21 bits per heavy atom. The van der Waals surface area contributed by atoms with E-state index in [2.05, 4.69) is 26.7 Å². The van der Waals surface area contributed by atoms with Crippen LogP contribution in [0.25, 0.3) is 0 Å². The Balaban J connectivity index is -0.000000781. The normalized spacial score (nSPS) is 11.6. The molecule has 169 valence electrons. The van der Waals surface area contributed by atoms with E-state index in [9.17, 15) is 31.1 Å². The fraction of sp³-hybridized carbons (Fsp3) is 0.438. The van der Waals surface area contributed by atoms with E-state index in [1.165, 1.54) is 18.3 Å². The van der Waals surface area contributed by atoms with Crippen molar-refractivity contribution in [2.45, 2.75) is 38.0 Å². The minimum Gasteiger partial charge on any atom is -0.468 e. The molecule has 1 aromatic heterocycles. The Labute approximate surface area is 219 Å². The molecule has 1 atom stereocenters. The molecule has 0 aliphatic carbocycles. The summed E-state index contributed by atoms with van der Waals surface area (Å²) in [7, 11) is 0. The Morgan fingerprint density at radius 3 is 2.31 bits per heavy atom. The molecule has 1 rings (SSSR count). The Morgan fingerprint density at radius 2 is 1.79 bits per heavy atom. The van der Waals surface area contributed by atoms with Crippen LogP contribution in [0.2, 0.25) is 0 Å². The maximum atomic E-state index is 12.1. The number of carbonyl (C=O) groups excluding carboxylic acids is 1. The SMILES string of the molecule is [CH2-]C(CCC(=O)NCc1ccnc(OCC(F)(F)F)c1)OC(F)(F)F.[CH3-].[CH3-].[Cs+].[Es]. The van der Waals surface area contributed by atoms with Crippen molar-refractivity contribution in [2.24, 2.45) is 0 Å². The van der Waals surface area contributed by atoms with Gasteiger partial charge in [-0.15, -0.1) is 13.2 Å². The van der Waals surface area contributed by atoms with E-state index >= 15 is 0 Å². The van der Waals surface area contributed by atoms with Crippen LogP contribution in [0.1, 0.15) is 18.4 Å². The first-order valence-electron chi connectivity index (χ1n) is 6.93. The molecule has 1 radical (unpaired) electrons. The summed E-state index contributed by atoms with van der Waals surface area (Å²) in [5, 5.41) is 2.41. The molecule has 0 spiro atoms. The number of hydrogen-bond donors (Lipinski definition) is 1. The zero-order valence-electron chi connectivity index (χ0n) is 16.1. The van der Waals surface area contributed by atoms with Crippen molar-refractivity contribution in [3.63, 3.8) is 0 Å². The summed E-state index contributed by atoms with van der Waals surface area (Å²) in [6.45, 7) is 1.58. The van der Waals surface area contributed by atoms with Crippen LogP contribution in [-0.4, -0.2) is 36.1 Å². The number of nitrogens with one attached hydrogen (secondary N) is 1. The van der Waals surface area contributed by atoms with Gasteiger partial charge in [0.05, 0.1) is 0 Å². The fourth-order valence-corrected chi connectivity index (χ4v) is 1.62. The number of alkyl halides is 6. The van der Waals surface area contributed by atoms with E-state index in [4.69, 9.17) is 0 Å². The largest absolute Gasteiger partial charge is 1.00 e. The summed E-state index contributed by atoms with van der Waals surface area (Å²) in [5.74, 6) is -0.825. The van der Waals surface area contributed by atoms with Crippen LogP contribution >= 0.6 is 0 Å². The van der Waals surface area contributed by atoms with E-state index in [0.29, 0.717) is 5.56 Å². The third kappa shape index (κ3) is 18.8. The number of ether oxygens (including phenoxy) is 2. The number of carbonyl (C=O) groups is 1. The number of hydrogen-bond acceptors (Lipinski definition) is 4. The van der Waals surface area contributed by atoms with Crippen LogP contribution in [0, 0.1) is 21.8 Å². The number of rotatable bonds is 8. The molecule has 13 heteroatoms. The molecule has 29 heavy (non-hydrogen) atoms. The summed E-state index contributed by atoms with van der Waals surface area (Å²) < 4.78 is 80.0. The van der Waals surface area contributed by atoms with Gasteiger partial charge in [-0.2, -0.15) is 13.2 Å². The van der Waals surface area contributed by atoms with Gasteiger partial charge in [0.15, 0.2) is 6.61 Å². The Kier molecular flexibility index (Phi) is 19.3. The van der Waals surface area contributed by atoms with Crippen molar-refractivity contribution < 1.29 is 110 Å². The topological polar surface area (TPSA) is 60.5 Å². The van der Waals surface area contributed by atoms with E-state index in [-0.39, 0.29) is 109 Å². The Hall–Kier alpha value is -0.988. The van der Waals surface area contributed by atoms with Crippen molar-refractivity contribution in [3.05, 3.63) is 45.7 Å². The molecule has 0 fully saturated rings. The molecule has 0 aliphatic rings. The molecule has 0 aliphatic heterocycles. The van der Waals surface area contributed by atoms with Gasteiger partial charge in [0.2, 0.25) is 11.8 Å². The van der Waals surface area contributed by atoms with Gasteiger partial charge in [0, 0.05) is 25.2 Å². The van der Waals surface area contributed by atoms with Crippen molar-refractivity contribution >= 4 is 5.91 Å². The maximum Gasteiger partial charge on any atom is 1.00 e. The molecule has 1 N–H and O–H groups in total. The predicted octanol–water partition coefficient (Wildman–Crippen LogP) is 1.06. The Bertz CT molecular complexity index is 576. The molecular formula is C16H21CsEsF6N2O3-2. The van der Waals surface area contributed by atoms with Crippen molar-refractivity contribution in [3.8, 4) is 5.88 Å². The van der Waals surface area contributed by atoms with Gasteiger partial charge < -0.3 is 36.6 Å². The third-order valence-electron chi connectivity index (χ3n) is 2.67. The van der Waals surface area contributed by atoms with E-state index < -0.39 is 31.2 Å². The first-order chi connectivity index (χ1) is 11.4. The second kappa shape index (κ2) is 15.8. The number of aromatic nitrogens is 1. The minimum atomic E-state index is -4.83. The summed E-state index contributed by atoms with van der Waals surface area (Å²) in [5.41, 5.74) is 0.415. The van der Waals surface area contributed by atoms with Gasteiger partial charge in [0.25, 0.3) is 0 Å². The number of pyridine rings is 1. The second-order valence-corrected chi connectivity index (χ2v) is 4.91. The molecule has 1 unspecified atom stereocenters. The molecule has 0 aromatic carbocycles. The zero-order valence-corrected chi connectivity index (χ0v) is 24.9. The summed E-state index contributed by atoms with van der Waals surface area (Å²) >= 11 is 0. The zero-order chi connectivity index (χ0) is 19.1. The average Bonchev–Trinajstić information content (AvgIpc) is 2.47. The molecule has 5 nitrogen and oxygen atoms in total. The van der Waals surface area contributed by atoms with Crippen LogP contribution < -0.4 is 78.9 Å². The molecule has 0 saturated carbocycles. The first kappa shape index (κ1) is 35.4. The van der Waals surface area contributed by atoms with Gasteiger partial charge in [-0.05, 0) is 18.1 Å². The molecule has 1 amide bonds. The fourth-order valence-electron chi connectivity index (χ4n) is 1.62. The van der Waals surface area contributed by atoms with Crippen LogP contribution in [0.5, 0.6) is 5.88 Å². The monoisotopic (exact) mass is 788 g/mol. The van der Waals surface area contributed by atoms with E-state index in [1.54, 1.807) is 0 Å². The van der Waals surface area contributed by atoms with Gasteiger partial charge in [-0.1, -0.05) is 6.10 Å². The molecule has 1 aromatic rings. The van der Waals surface area contributed by atoms with Crippen LogP contribution in [-0.2, 0) is 16.1 Å². The summed E-state index contributed by atoms with van der Waals surface area (Å²) in [4.78, 5) is 15.2. The minimum absolute atomic E-state index is 0. The van der Waals surface area contributed by atoms with Crippen molar-refractivity contribution in [1.82, 2.24) is 10.3 Å². The molecular weight excluding hydrogens is 767 g/mol. The van der Waals surface area contributed by atoms with Gasteiger partial charge in [0.1, 0.15) is 0 Å². The smallest absolute Gasteiger partial charge is 0.468 e. The van der Waals surface area contributed by atoms with E-state index in [1.807, 2.05) is 0 Å². The predicted molar refractivity (Wildman–Crippen MR) is 86.0 cm³/mol. The second-order valence-electron chi connectivity index (χ2n) is 4.91. The first-order valence-corrected chi connectivity index (χ1v) is 6.93. The van der Waals surface area contributed by atoms with Crippen LogP contribution in [0.15, 0.2) is 18.3 Å². The van der Waals surface area contributed by atoms with Gasteiger partial charge in [-0.25, -0.2) is 4.98 Å². The molecule has 0 saturated heterocycles. The average molecular weight is 788 g/mol. The quantitative estimate of drug-likeness (QED) is 0.317. The number of halogens is 6. The summed E-state index contributed by atoms with van der Waals surface area (Å²) in [6.07, 6.45) is -10.1. The molecule has 1 heterocycles. The van der Waals surface area contributed by atoms with Crippen LogP contribution in [0.3, 0.4) is 0 Å².